The number of piperidine rings is 1. The second-order valence-electron chi connectivity index (χ2n) is 9.74. The quantitative estimate of drug-likeness (QED) is 0.640. The highest BCUT2D eigenvalue weighted by atomic mass is 16.2. The lowest BCUT2D eigenvalue weighted by Gasteiger charge is -2.34. The number of aromatic nitrogens is 6. The number of rotatable bonds is 4. The number of fused-ring (bicyclic) bond motifs is 1. The van der Waals surface area contributed by atoms with E-state index in [1.165, 1.54) is 6.33 Å². The van der Waals surface area contributed by atoms with Crippen molar-refractivity contribution in [3.05, 3.63) is 41.0 Å². The summed E-state index contributed by atoms with van der Waals surface area (Å²) in [4.78, 5) is 36.5. The molecule has 0 N–H and O–H groups in total. The predicted octanol–water partition coefficient (Wildman–Crippen LogP) is 2.34. The molecule has 0 spiro atoms. The molecule has 31 heavy (non-hydrogen) atoms. The first-order valence-corrected chi connectivity index (χ1v) is 10.8. The maximum atomic E-state index is 13.0. The molecule has 9 heteroatoms. The summed E-state index contributed by atoms with van der Waals surface area (Å²) in [5.74, 6) is 0.186. The molecule has 2 unspecified atom stereocenters. The largest absolute Gasteiger partial charge is 0.340 e. The molecule has 4 rings (SSSR count). The van der Waals surface area contributed by atoms with E-state index in [9.17, 15) is 9.59 Å². The minimum atomic E-state index is -0.385. The third-order valence-corrected chi connectivity index (χ3v) is 5.98. The van der Waals surface area contributed by atoms with E-state index in [0.29, 0.717) is 18.7 Å². The van der Waals surface area contributed by atoms with Crippen LogP contribution in [0.3, 0.4) is 0 Å². The predicted molar refractivity (Wildman–Crippen MR) is 118 cm³/mol. The van der Waals surface area contributed by atoms with Gasteiger partial charge in [-0.25, -0.2) is 19.4 Å². The third-order valence-electron chi connectivity index (χ3n) is 5.98. The molecular formula is C22H31N7O2. The van der Waals surface area contributed by atoms with E-state index in [2.05, 4.69) is 30.9 Å². The monoisotopic (exact) mass is 425 g/mol. The van der Waals surface area contributed by atoms with E-state index >= 15 is 0 Å². The van der Waals surface area contributed by atoms with Crippen molar-refractivity contribution < 1.29 is 4.79 Å². The van der Waals surface area contributed by atoms with Gasteiger partial charge in [0, 0.05) is 38.3 Å². The van der Waals surface area contributed by atoms with Crippen LogP contribution >= 0.6 is 0 Å². The summed E-state index contributed by atoms with van der Waals surface area (Å²) in [5, 5.41) is 4.10. The molecule has 1 aliphatic rings. The van der Waals surface area contributed by atoms with Crippen molar-refractivity contribution in [1.82, 2.24) is 33.8 Å². The summed E-state index contributed by atoms with van der Waals surface area (Å²) < 4.78 is 5.02. The van der Waals surface area contributed by atoms with Crippen LogP contribution in [0.2, 0.25) is 0 Å². The van der Waals surface area contributed by atoms with Gasteiger partial charge in [-0.2, -0.15) is 5.10 Å². The maximum absolute atomic E-state index is 13.0. The van der Waals surface area contributed by atoms with E-state index in [0.717, 1.165) is 30.6 Å². The number of pyridine rings is 1. The van der Waals surface area contributed by atoms with Gasteiger partial charge in [0.05, 0.1) is 5.52 Å². The second-order valence-corrected chi connectivity index (χ2v) is 9.74. The van der Waals surface area contributed by atoms with Crippen molar-refractivity contribution in [2.75, 3.05) is 13.1 Å². The van der Waals surface area contributed by atoms with Crippen molar-refractivity contribution in [2.24, 2.45) is 12.5 Å². The Kier molecular flexibility index (Phi) is 5.45. The zero-order valence-corrected chi connectivity index (χ0v) is 18.9. The SMILES string of the molecule is CC(C(=O)N1CCCC(c2ccc3c(n2)n(C)c(=O)n3CC(C)(C)C)C1)n1cncn1. The molecular weight excluding hydrogens is 394 g/mol. The molecule has 166 valence electrons. The van der Waals surface area contributed by atoms with Crippen molar-refractivity contribution in [1.29, 1.82) is 0 Å². The molecule has 3 aromatic heterocycles. The normalized spacial score (nSPS) is 18.5. The van der Waals surface area contributed by atoms with Gasteiger partial charge in [0.15, 0.2) is 5.65 Å². The van der Waals surface area contributed by atoms with Gasteiger partial charge in [0.1, 0.15) is 18.7 Å². The van der Waals surface area contributed by atoms with Gasteiger partial charge in [0.2, 0.25) is 5.91 Å². The van der Waals surface area contributed by atoms with Crippen LogP contribution in [-0.2, 0) is 18.4 Å². The molecule has 0 aromatic carbocycles. The molecule has 1 fully saturated rings. The van der Waals surface area contributed by atoms with Crippen LogP contribution in [0.5, 0.6) is 0 Å². The van der Waals surface area contributed by atoms with Gasteiger partial charge >= 0.3 is 5.69 Å². The van der Waals surface area contributed by atoms with Crippen molar-refractivity contribution >= 4 is 17.1 Å². The lowest BCUT2D eigenvalue weighted by atomic mass is 9.93. The topological polar surface area (TPSA) is 90.8 Å². The minimum Gasteiger partial charge on any atom is -0.340 e. The number of aryl methyl sites for hydroxylation is 1. The Hall–Kier alpha value is -2.97. The van der Waals surface area contributed by atoms with Gasteiger partial charge in [0.25, 0.3) is 0 Å². The first-order valence-electron chi connectivity index (χ1n) is 10.8. The van der Waals surface area contributed by atoms with Crippen LogP contribution < -0.4 is 5.69 Å². The first kappa shape index (κ1) is 21.3. The Morgan fingerprint density at radius 2 is 2.06 bits per heavy atom. The lowest BCUT2D eigenvalue weighted by molar-refractivity contribution is -0.135. The second kappa shape index (κ2) is 7.94. The number of hydrogen-bond donors (Lipinski definition) is 0. The van der Waals surface area contributed by atoms with Gasteiger partial charge < -0.3 is 4.90 Å². The van der Waals surface area contributed by atoms with Crippen molar-refractivity contribution in [3.63, 3.8) is 0 Å². The highest BCUT2D eigenvalue weighted by Crippen LogP contribution is 2.28. The molecule has 4 heterocycles. The minimum absolute atomic E-state index is 0.0121. The van der Waals surface area contributed by atoms with Crippen LogP contribution in [0.15, 0.2) is 29.6 Å². The number of carbonyl (C=O) groups is 1. The summed E-state index contributed by atoms with van der Waals surface area (Å²) in [5.41, 5.74) is 2.43. The number of likely N-dealkylation sites (tertiary alicyclic amines) is 1. The van der Waals surface area contributed by atoms with E-state index in [-0.39, 0.29) is 29.0 Å². The average molecular weight is 426 g/mol. The number of carbonyl (C=O) groups excluding carboxylic acids is 1. The summed E-state index contributed by atoms with van der Waals surface area (Å²) >= 11 is 0. The smallest absolute Gasteiger partial charge is 0.330 e. The van der Waals surface area contributed by atoms with Gasteiger partial charge in [-0.1, -0.05) is 20.8 Å². The first-order chi connectivity index (χ1) is 14.7. The molecule has 2 atom stereocenters. The molecule has 0 saturated carbocycles. The molecule has 1 aliphatic heterocycles. The average Bonchev–Trinajstić information content (AvgIpc) is 3.36. The fourth-order valence-corrected chi connectivity index (χ4v) is 4.36. The standard InChI is InChI=1S/C22H31N7O2/c1-15(29-14-23-13-24-29)20(30)27-10-6-7-16(11-27)17-8-9-18-19(25-17)26(5)21(31)28(18)12-22(2,3)4/h8-9,13-16H,6-7,10-12H2,1-5H3. The maximum Gasteiger partial charge on any atom is 0.330 e. The van der Waals surface area contributed by atoms with Crippen LogP contribution in [0.1, 0.15) is 58.2 Å². The number of amides is 1. The van der Waals surface area contributed by atoms with Crippen molar-refractivity contribution in [3.8, 4) is 0 Å². The molecule has 9 nitrogen and oxygen atoms in total. The molecule has 0 radical (unpaired) electrons. The highest BCUT2D eigenvalue weighted by molar-refractivity contribution is 5.80. The number of nitrogens with zero attached hydrogens (tertiary/aromatic N) is 7. The van der Waals surface area contributed by atoms with Crippen LogP contribution in [0.4, 0.5) is 0 Å². The van der Waals surface area contributed by atoms with Crippen LogP contribution in [0, 0.1) is 5.41 Å². The summed E-state index contributed by atoms with van der Waals surface area (Å²) in [6.07, 6.45) is 4.90. The summed E-state index contributed by atoms with van der Waals surface area (Å²) in [7, 11) is 1.77. The summed E-state index contributed by atoms with van der Waals surface area (Å²) in [6.45, 7) is 10.2. The number of hydrogen-bond acceptors (Lipinski definition) is 5. The van der Waals surface area contributed by atoms with E-state index in [4.69, 9.17) is 4.98 Å². The molecule has 1 saturated heterocycles. The fraction of sp³-hybridized carbons (Fsp3) is 0.591. The summed E-state index contributed by atoms with van der Waals surface area (Å²) in [6, 6.07) is 3.63. The fourth-order valence-electron chi connectivity index (χ4n) is 4.36. The molecule has 3 aromatic rings. The van der Waals surface area contributed by atoms with Crippen LogP contribution in [0.25, 0.3) is 11.2 Å². The van der Waals surface area contributed by atoms with E-state index in [1.54, 1.807) is 22.6 Å². The van der Waals surface area contributed by atoms with Gasteiger partial charge in [-0.15, -0.1) is 0 Å². The zero-order valence-electron chi connectivity index (χ0n) is 18.9. The Morgan fingerprint density at radius 3 is 2.74 bits per heavy atom. The molecule has 0 bridgehead atoms. The van der Waals surface area contributed by atoms with Crippen molar-refractivity contribution in [2.45, 2.75) is 59.0 Å². The van der Waals surface area contributed by atoms with E-state index < -0.39 is 0 Å². The molecule has 1 amide bonds. The van der Waals surface area contributed by atoms with Crippen LogP contribution in [-0.4, -0.2) is 52.8 Å². The number of imidazole rings is 1. The zero-order chi connectivity index (χ0) is 22.3. The Bertz CT molecular complexity index is 1140. The molecule has 0 aliphatic carbocycles. The van der Waals surface area contributed by atoms with E-state index in [1.807, 2.05) is 28.5 Å². The van der Waals surface area contributed by atoms with Gasteiger partial charge in [-0.05, 0) is 37.3 Å². The third kappa shape index (κ3) is 4.13. The van der Waals surface area contributed by atoms with Gasteiger partial charge in [-0.3, -0.25) is 13.9 Å². The Balaban J connectivity index is 1.59. The highest BCUT2D eigenvalue weighted by Gasteiger charge is 2.30. The Morgan fingerprint density at radius 1 is 1.29 bits per heavy atom. The Labute approximate surface area is 181 Å². The lowest BCUT2D eigenvalue weighted by Crippen LogP contribution is -2.42.